The van der Waals surface area contributed by atoms with Crippen LogP contribution in [-0.2, 0) is 16.4 Å². The van der Waals surface area contributed by atoms with Gasteiger partial charge in [-0.25, -0.2) is 8.42 Å². The summed E-state index contributed by atoms with van der Waals surface area (Å²) in [5.41, 5.74) is 1.31. The Morgan fingerprint density at radius 2 is 1.68 bits per heavy atom. The van der Waals surface area contributed by atoms with Gasteiger partial charge in [-0.3, -0.25) is 9.69 Å². The smallest absolute Gasteiger partial charge is 0.253 e. The van der Waals surface area contributed by atoms with Crippen LogP contribution in [0, 0.1) is 0 Å². The molecular formula is C21H21ClN4O4S. The monoisotopic (exact) mass is 460 g/mol. The van der Waals surface area contributed by atoms with Gasteiger partial charge in [0.15, 0.2) is 9.84 Å². The number of carbonyl (C=O) groups excluding carboxylic acids is 1. The van der Waals surface area contributed by atoms with Gasteiger partial charge in [0, 0.05) is 48.6 Å². The van der Waals surface area contributed by atoms with Gasteiger partial charge in [-0.1, -0.05) is 16.8 Å². The van der Waals surface area contributed by atoms with Crippen LogP contribution in [0.1, 0.15) is 16.2 Å². The molecule has 1 aliphatic rings. The first kappa shape index (κ1) is 21.5. The lowest BCUT2D eigenvalue weighted by Gasteiger charge is -2.34. The van der Waals surface area contributed by atoms with E-state index in [1.807, 2.05) is 12.1 Å². The standard InChI is InChI=1S/C21H21ClN4O4S/c1-31(28,29)18-8-4-16(5-9-18)21(27)26-12-10-25(11-13-26)14-19-23-20(24-30-19)15-2-6-17(22)7-3-15/h2-9H,10-14H2,1H3. The van der Waals surface area contributed by atoms with Crippen molar-refractivity contribution in [3.8, 4) is 11.4 Å². The highest BCUT2D eigenvalue weighted by Gasteiger charge is 2.24. The van der Waals surface area contributed by atoms with Crippen molar-refractivity contribution in [2.75, 3.05) is 32.4 Å². The SMILES string of the molecule is CS(=O)(=O)c1ccc(C(=O)N2CCN(Cc3nc(-c4ccc(Cl)cc4)no3)CC2)cc1. The Hall–Kier alpha value is -2.75. The Morgan fingerprint density at radius 1 is 1.03 bits per heavy atom. The molecule has 1 saturated heterocycles. The molecule has 0 atom stereocenters. The third kappa shape index (κ3) is 5.12. The van der Waals surface area contributed by atoms with Crippen molar-refractivity contribution in [2.24, 2.45) is 0 Å². The Labute approximate surface area is 185 Å². The van der Waals surface area contributed by atoms with E-state index >= 15 is 0 Å². The van der Waals surface area contributed by atoms with E-state index in [0.717, 1.165) is 11.8 Å². The fourth-order valence-electron chi connectivity index (χ4n) is 3.36. The zero-order valence-electron chi connectivity index (χ0n) is 16.9. The van der Waals surface area contributed by atoms with Gasteiger partial charge >= 0.3 is 0 Å². The summed E-state index contributed by atoms with van der Waals surface area (Å²) in [6, 6.07) is 13.3. The van der Waals surface area contributed by atoms with E-state index < -0.39 is 9.84 Å². The maximum absolute atomic E-state index is 12.7. The fraction of sp³-hybridized carbons (Fsp3) is 0.286. The third-order valence-electron chi connectivity index (χ3n) is 5.12. The largest absolute Gasteiger partial charge is 0.338 e. The molecule has 0 aliphatic carbocycles. The van der Waals surface area contributed by atoms with Gasteiger partial charge < -0.3 is 9.42 Å². The molecule has 2 heterocycles. The molecule has 0 radical (unpaired) electrons. The number of nitrogens with zero attached hydrogens (tertiary/aromatic N) is 4. The third-order valence-corrected chi connectivity index (χ3v) is 6.50. The second kappa shape index (κ2) is 8.78. The lowest BCUT2D eigenvalue weighted by molar-refractivity contribution is 0.0615. The van der Waals surface area contributed by atoms with Crippen molar-refractivity contribution in [2.45, 2.75) is 11.4 Å². The van der Waals surface area contributed by atoms with E-state index in [1.54, 1.807) is 29.2 Å². The van der Waals surface area contributed by atoms with Crippen LogP contribution in [0.3, 0.4) is 0 Å². The van der Waals surface area contributed by atoms with Crippen molar-refractivity contribution < 1.29 is 17.7 Å². The molecule has 4 rings (SSSR count). The van der Waals surface area contributed by atoms with Gasteiger partial charge in [-0.15, -0.1) is 0 Å². The summed E-state index contributed by atoms with van der Waals surface area (Å²) in [4.78, 5) is 21.3. The summed E-state index contributed by atoms with van der Waals surface area (Å²) in [5.74, 6) is 0.918. The van der Waals surface area contributed by atoms with Gasteiger partial charge in [-0.05, 0) is 48.5 Å². The number of piperazine rings is 1. The van der Waals surface area contributed by atoms with Crippen LogP contribution in [0.15, 0.2) is 57.9 Å². The maximum Gasteiger partial charge on any atom is 0.253 e. The lowest BCUT2D eigenvalue weighted by Crippen LogP contribution is -2.48. The van der Waals surface area contributed by atoms with Crippen LogP contribution in [0.4, 0.5) is 0 Å². The first-order chi connectivity index (χ1) is 14.8. The number of hydrogen-bond donors (Lipinski definition) is 0. The minimum atomic E-state index is -3.28. The normalized spacial score (nSPS) is 15.2. The van der Waals surface area contributed by atoms with E-state index in [1.165, 1.54) is 12.1 Å². The maximum atomic E-state index is 12.7. The number of aromatic nitrogens is 2. The highest BCUT2D eigenvalue weighted by molar-refractivity contribution is 7.90. The molecule has 8 nitrogen and oxygen atoms in total. The van der Waals surface area contributed by atoms with Gasteiger partial charge in [0.1, 0.15) is 0 Å². The van der Waals surface area contributed by atoms with Crippen molar-refractivity contribution in [3.63, 3.8) is 0 Å². The number of carbonyl (C=O) groups is 1. The topological polar surface area (TPSA) is 96.6 Å². The van der Waals surface area contributed by atoms with E-state index in [0.29, 0.717) is 55.0 Å². The predicted molar refractivity (Wildman–Crippen MR) is 115 cm³/mol. The quantitative estimate of drug-likeness (QED) is 0.577. The van der Waals surface area contributed by atoms with Gasteiger partial charge in [0.2, 0.25) is 11.7 Å². The first-order valence-corrected chi connectivity index (χ1v) is 12.0. The van der Waals surface area contributed by atoms with Gasteiger partial charge in [0.05, 0.1) is 11.4 Å². The average molecular weight is 461 g/mol. The van der Waals surface area contributed by atoms with Crippen LogP contribution in [0.2, 0.25) is 5.02 Å². The van der Waals surface area contributed by atoms with Crippen molar-refractivity contribution >= 4 is 27.3 Å². The number of amides is 1. The van der Waals surface area contributed by atoms with Gasteiger partial charge in [-0.2, -0.15) is 4.98 Å². The average Bonchev–Trinajstić information content (AvgIpc) is 3.22. The number of rotatable bonds is 5. The molecule has 31 heavy (non-hydrogen) atoms. The zero-order valence-corrected chi connectivity index (χ0v) is 18.4. The Balaban J connectivity index is 1.33. The zero-order chi connectivity index (χ0) is 22.0. The second-order valence-electron chi connectivity index (χ2n) is 7.38. The summed E-state index contributed by atoms with van der Waals surface area (Å²) < 4.78 is 28.5. The van der Waals surface area contributed by atoms with Crippen molar-refractivity contribution in [1.82, 2.24) is 19.9 Å². The van der Waals surface area contributed by atoms with Crippen LogP contribution in [0.5, 0.6) is 0 Å². The van der Waals surface area contributed by atoms with Gasteiger partial charge in [0.25, 0.3) is 5.91 Å². The number of hydrogen-bond acceptors (Lipinski definition) is 7. The van der Waals surface area contributed by atoms with Crippen LogP contribution in [-0.4, -0.2) is 66.7 Å². The van der Waals surface area contributed by atoms with E-state index in [-0.39, 0.29) is 10.8 Å². The van der Waals surface area contributed by atoms with E-state index in [9.17, 15) is 13.2 Å². The molecule has 0 saturated carbocycles. The summed E-state index contributed by atoms with van der Waals surface area (Å²) in [6.07, 6.45) is 1.14. The molecule has 1 aromatic heterocycles. The first-order valence-electron chi connectivity index (χ1n) is 9.70. The Morgan fingerprint density at radius 3 is 2.29 bits per heavy atom. The van der Waals surface area contributed by atoms with E-state index in [4.69, 9.17) is 16.1 Å². The molecule has 2 aromatic carbocycles. The summed E-state index contributed by atoms with van der Waals surface area (Å²) in [6.45, 7) is 2.97. The number of halogens is 1. The Kier molecular flexibility index (Phi) is 6.08. The van der Waals surface area contributed by atoms with Crippen LogP contribution >= 0.6 is 11.6 Å². The van der Waals surface area contributed by atoms with E-state index in [2.05, 4.69) is 15.0 Å². The highest BCUT2D eigenvalue weighted by Crippen LogP contribution is 2.20. The van der Waals surface area contributed by atoms with Crippen molar-refractivity contribution in [3.05, 3.63) is 65.0 Å². The molecule has 162 valence electrons. The lowest BCUT2D eigenvalue weighted by atomic mass is 10.2. The fourth-order valence-corrected chi connectivity index (χ4v) is 4.12. The number of benzene rings is 2. The molecular weight excluding hydrogens is 440 g/mol. The predicted octanol–water partition coefficient (Wildman–Crippen LogP) is 2.75. The molecule has 0 bridgehead atoms. The molecule has 1 aliphatic heterocycles. The molecule has 0 N–H and O–H groups in total. The Bertz CT molecular complexity index is 1170. The molecule has 1 amide bonds. The van der Waals surface area contributed by atoms with Crippen LogP contribution < -0.4 is 0 Å². The minimum absolute atomic E-state index is 0.109. The molecule has 1 fully saturated rings. The van der Waals surface area contributed by atoms with Crippen LogP contribution in [0.25, 0.3) is 11.4 Å². The molecule has 3 aromatic rings. The minimum Gasteiger partial charge on any atom is -0.338 e. The highest BCUT2D eigenvalue weighted by atomic mass is 35.5. The summed E-state index contributed by atoms with van der Waals surface area (Å²) >= 11 is 5.91. The summed E-state index contributed by atoms with van der Waals surface area (Å²) in [5, 5.41) is 4.67. The number of sulfone groups is 1. The van der Waals surface area contributed by atoms with Crippen molar-refractivity contribution in [1.29, 1.82) is 0 Å². The molecule has 0 unspecified atom stereocenters. The second-order valence-corrected chi connectivity index (χ2v) is 9.84. The molecule has 10 heteroatoms. The molecule has 0 spiro atoms. The summed E-state index contributed by atoms with van der Waals surface area (Å²) in [7, 11) is -3.28.